The number of carbonyl (C=O) groups excluding carboxylic acids is 2. The van der Waals surface area contributed by atoms with Gasteiger partial charge in [-0.1, -0.05) is 6.07 Å². The molecule has 1 aliphatic rings. The summed E-state index contributed by atoms with van der Waals surface area (Å²) in [4.78, 5) is 30.4. The highest BCUT2D eigenvalue weighted by Gasteiger charge is 2.40. The number of aryl methyl sites for hydroxylation is 1. The van der Waals surface area contributed by atoms with Crippen LogP contribution in [0.1, 0.15) is 67.6 Å². The first-order chi connectivity index (χ1) is 18.7. The van der Waals surface area contributed by atoms with Crippen molar-refractivity contribution in [2.24, 2.45) is 0 Å². The van der Waals surface area contributed by atoms with E-state index in [1.807, 2.05) is 0 Å². The van der Waals surface area contributed by atoms with Gasteiger partial charge in [-0.2, -0.15) is 26.3 Å². The number of halogens is 7. The van der Waals surface area contributed by atoms with Gasteiger partial charge in [-0.3, -0.25) is 0 Å². The van der Waals surface area contributed by atoms with Gasteiger partial charge in [0.25, 0.3) is 0 Å². The summed E-state index contributed by atoms with van der Waals surface area (Å²) < 4.78 is 99.9. The van der Waals surface area contributed by atoms with Crippen molar-refractivity contribution < 1.29 is 45.1 Å². The highest BCUT2D eigenvalue weighted by Crippen LogP contribution is 2.39. The van der Waals surface area contributed by atoms with E-state index in [-0.39, 0.29) is 31.3 Å². The number of rotatable bonds is 3. The molecule has 3 rings (SSSR count). The highest BCUT2D eigenvalue weighted by atomic mass is 19.4. The first-order valence-corrected chi connectivity index (χ1v) is 12.8. The molecule has 0 spiro atoms. The van der Waals surface area contributed by atoms with Crippen LogP contribution in [0.15, 0.2) is 36.4 Å². The normalized spacial score (nSPS) is 17.3. The molecule has 0 saturated carbocycles. The van der Waals surface area contributed by atoms with Gasteiger partial charge in [0, 0.05) is 26.7 Å². The summed E-state index contributed by atoms with van der Waals surface area (Å²) in [5.41, 5.74) is -3.11. The Labute approximate surface area is 233 Å². The van der Waals surface area contributed by atoms with E-state index < -0.39 is 59.1 Å². The lowest BCUT2D eigenvalue weighted by Crippen LogP contribution is -2.55. The van der Waals surface area contributed by atoms with E-state index in [1.54, 1.807) is 27.7 Å². The number of hydrogen-bond acceptors (Lipinski definition) is 3. The molecule has 226 valence electrons. The smallest absolute Gasteiger partial charge is 0.416 e. The molecule has 41 heavy (non-hydrogen) atoms. The standard InChI is InChI=1S/C28H32F7N3O3/c1-16-11-21(29)7-8-22(16)23-15-37(25(40)41-26(3,4)5)9-10-38(23)24(39)36(6)17(2)18-12-19(27(30,31)32)14-20(13-18)28(33,34)35/h7-8,11-14,17,23H,9-10,15H2,1-6H3/t17-,23+/m0/s1. The molecule has 13 heteroatoms. The first-order valence-electron chi connectivity index (χ1n) is 12.8. The quantitative estimate of drug-likeness (QED) is 0.346. The van der Waals surface area contributed by atoms with Crippen molar-refractivity contribution >= 4 is 12.1 Å². The fourth-order valence-electron chi connectivity index (χ4n) is 4.60. The van der Waals surface area contributed by atoms with E-state index in [0.717, 1.165) is 4.90 Å². The van der Waals surface area contributed by atoms with E-state index in [2.05, 4.69) is 0 Å². The van der Waals surface area contributed by atoms with E-state index in [0.29, 0.717) is 23.3 Å². The molecule has 2 atom stereocenters. The Morgan fingerprint density at radius 3 is 2.00 bits per heavy atom. The molecular weight excluding hydrogens is 559 g/mol. The van der Waals surface area contributed by atoms with Crippen molar-refractivity contribution in [1.82, 2.24) is 14.7 Å². The molecule has 2 aromatic carbocycles. The van der Waals surface area contributed by atoms with Crippen LogP contribution < -0.4 is 0 Å². The minimum absolute atomic E-state index is 0.0208. The zero-order chi connectivity index (χ0) is 31.1. The summed E-state index contributed by atoms with van der Waals surface area (Å²) in [5, 5.41) is 0. The number of amides is 3. The van der Waals surface area contributed by atoms with Crippen LogP contribution in [0.5, 0.6) is 0 Å². The molecule has 1 saturated heterocycles. The molecule has 2 aromatic rings. The average Bonchev–Trinajstić information content (AvgIpc) is 2.84. The lowest BCUT2D eigenvalue weighted by molar-refractivity contribution is -0.143. The van der Waals surface area contributed by atoms with E-state index >= 15 is 0 Å². The summed E-state index contributed by atoms with van der Waals surface area (Å²) in [5.74, 6) is -0.514. The molecule has 0 unspecified atom stereocenters. The fourth-order valence-corrected chi connectivity index (χ4v) is 4.60. The van der Waals surface area contributed by atoms with Crippen LogP contribution >= 0.6 is 0 Å². The van der Waals surface area contributed by atoms with Crippen LogP contribution in [0, 0.1) is 12.7 Å². The predicted octanol–water partition coefficient (Wildman–Crippen LogP) is 7.58. The Morgan fingerprint density at radius 2 is 1.51 bits per heavy atom. The third-order valence-corrected chi connectivity index (χ3v) is 6.84. The van der Waals surface area contributed by atoms with E-state index in [9.17, 15) is 40.3 Å². The van der Waals surface area contributed by atoms with Gasteiger partial charge in [0.2, 0.25) is 0 Å². The van der Waals surface area contributed by atoms with Gasteiger partial charge < -0.3 is 19.4 Å². The van der Waals surface area contributed by atoms with Gasteiger partial charge in [-0.05, 0) is 81.6 Å². The number of piperazine rings is 1. The second-order valence-corrected chi connectivity index (χ2v) is 11.0. The topological polar surface area (TPSA) is 53.1 Å². The van der Waals surface area contributed by atoms with Crippen LogP contribution in [0.25, 0.3) is 0 Å². The van der Waals surface area contributed by atoms with Gasteiger partial charge in [0.05, 0.1) is 23.2 Å². The minimum atomic E-state index is -5.04. The molecule has 6 nitrogen and oxygen atoms in total. The van der Waals surface area contributed by atoms with Crippen molar-refractivity contribution in [1.29, 1.82) is 0 Å². The van der Waals surface area contributed by atoms with Crippen molar-refractivity contribution in [2.45, 2.75) is 64.7 Å². The zero-order valence-corrected chi connectivity index (χ0v) is 23.5. The van der Waals surface area contributed by atoms with Crippen molar-refractivity contribution in [3.05, 3.63) is 70.0 Å². The molecule has 0 radical (unpaired) electrons. The number of urea groups is 1. The van der Waals surface area contributed by atoms with Crippen molar-refractivity contribution in [3.8, 4) is 0 Å². The second-order valence-electron chi connectivity index (χ2n) is 11.0. The molecule has 0 aromatic heterocycles. The predicted molar refractivity (Wildman–Crippen MR) is 136 cm³/mol. The molecule has 0 aliphatic carbocycles. The van der Waals surface area contributed by atoms with Gasteiger partial charge in [0.15, 0.2) is 0 Å². The summed E-state index contributed by atoms with van der Waals surface area (Å²) in [7, 11) is 1.27. The Morgan fingerprint density at radius 1 is 0.951 bits per heavy atom. The van der Waals surface area contributed by atoms with Crippen LogP contribution in [0.2, 0.25) is 0 Å². The van der Waals surface area contributed by atoms with Crippen molar-refractivity contribution in [3.63, 3.8) is 0 Å². The number of nitrogens with zero attached hydrogens (tertiary/aromatic N) is 3. The summed E-state index contributed by atoms with van der Waals surface area (Å²) >= 11 is 0. The molecule has 1 aliphatic heterocycles. The molecule has 1 heterocycles. The summed E-state index contributed by atoms with van der Waals surface area (Å²) in [6.07, 6.45) is -10.7. The Balaban J connectivity index is 1.97. The maximum absolute atomic E-state index is 13.9. The van der Waals surface area contributed by atoms with Crippen LogP contribution in [-0.4, -0.2) is 59.1 Å². The number of benzene rings is 2. The van der Waals surface area contributed by atoms with Crippen LogP contribution in [-0.2, 0) is 17.1 Å². The summed E-state index contributed by atoms with van der Waals surface area (Å²) in [6.45, 7) is 8.04. The van der Waals surface area contributed by atoms with E-state index in [1.165, 1.54) is 42.0 Å². The molecule has 1 fully saturated rings. The van der Waals surface area contributed by atoms with Gasteiger partial charge in [-0.15, -0.1) is 0 Å². The number of carbonyl (C=O) groups is 2. The third kappa shape index (κ3) is 7.62. The highest BCUT2D eigenvalue weighted by molar-refractivity contribution is 5.76. The van der Waals surface area contributed by atoms with Crippen molar-refractivity contribution in [2.75, 3.05) is 26.7 Å². The maximum Gasteiger partial charge on any atom is 0.416 e. The monoisotopic (exact) mass is 591 g/mol. The van der Waals surface area contributed by atoms with Gasteiger partial charge in [-0.25, -0.2) is 14.0 Å². The Hall–Kier alpha value is -3.51. The van der Waals surface area contributed by atoms with E-state index in [4.69, 9.17) is 4.74 Å². The molecule has 0 N–H and O–H groups in total. The maximum atomic E-state index is 13.9. The largest absolute Gasteiger partial charge is 0.444 e. The first kappa shape index (κ1) is 32.0. The average molecular weight is 592 g/mol. The lowest BCUT2D eigenvalue weighted by atomic mass is 9.97. The Bertz CT molecular complexity index is 1260. The van der Waals surface area contributed by atoms with Gasteiger partial charge >= 0.3 is 24.5 Å². The lowest BCUT2D eigenvalue weighted by Gasteiger charge is -2.44. The van der Waals surface area contributed by atoms with Crippen LogP contribution in [0.4, 0.5) is 40.3 Å². The van der Waals surface area contributed by atoms with Crippen LogP contribution in [0.3, 0.4) is 0 Å². The summed E-state index contributed by atoms with van der Waals surface area (Å²) in [6, 6.07) is 2.46. The van der Waals surface area contributed by atoms with Gasteiger partial charge in [0.1, 0.15) is 11.4 Å². The zero-order valence-electron chi connectivity index (χ0n) is 23.5. The number of alkyl halides is 6. The fraction of sp³-hybridized carbons (Fsp3) is 0.500. The molecule has 0 bridgehead atoms. The third-order valence-electron chi connectivity index (χ3n) is 6.84. The molecular formula is C28H32F7N3O3. The second kappa shape index (κ2) is 11.4. The minimum Gasteiger partial charge on any atom is -0.444 e. The molecule has 3 amide bonds. The Kier molecular flexibility index (Phi) is 8.90. The SMILES string of the molecule is Cc1cc(F)ccc1[C@H]1CN(C(=O)OC(C)(C)C)CCN1C(=O)N(C)[C@@H](C)c1cc(C(F)(F)F)cc(C(F)(F)F)c1. The number of hydrogen-bond donors (Lipinski definition) is 0. The number of ether oxygens (including phenoxy) is 1.